The number of aliphatic hydroxyl groups is 2. The fourth-order valence-corrected chi connectivity index (χ4v) is 6.50. The van der Waals surface area contributed by atoms with Crippen molar-refractivity contribution < 1.29 is 39.9 Å². The first-order valence-corrected chi connectivity index (χ1v) is 22.6. The van der Waals surface area contributed by atoms with Crippen molar-refractivity contribution in [1.29, 1.82) is 0 Å². The Morgan fingerprint density at radius 2 is 0.642 bits per heavy atom. The fraction of sp³-hybridized carbons (Fsp3) is 0.933. The van der Waals surface area contributed by atoms with Crippen LogP contribution in [-0.2, 0) is 14.4 Å². The predicted octanol–water partition coefficient (Wildman–Crippen LogP) is 13.3. The summed E-state index contributed by atoms with van der Waals surface area (Å²) in [6, 6.07) is 0. The van der Waals surface area contributed by atoms with Crippen LogP contribution >= 0.6 is 0 Å². The average Bonchev–Trinajstić information content (AvgIpc) is 3.13. The Balaban J connectivity index is -0.000000718. The van der Waals surface area contributed by atoms with Gasteiger partial charge in [-0.1, -0.05) is 213 Å². The Kier molecular flexibility index (Phi) is 50.8. The number of aliphatic hydroxyl groups excluding tert-OH is 2. The molecule has 5 N–H and O–H groups in total. The number of carboxylic acids is 3. The lowest BCUT2D eigenvalue weighted by atomic mass is 9.94. The lowest BCUT2D eigenvalue weighted by Gasteiger charge is -2.15. The van der Waals surface area contributed by atoms with E-state index in [2.05, 4.69) is 20.8 Å². The SMILES string of the molecule is CCCCCCCCCCCCC(CC(O)CO)C(=O)O.CCCCCCCCCCCCCC(=O)O.CCCCCCCCCCCCCC(=O)O. The molecule has 0 radical (unpaired) electrons. The lowest BCUT2D eigenvalue weighted by molar-refractivity contribution is -0.143. The Hall–Kier alpha value is -1.67. The molecule has 0 saturated heterocycles. The molecule has 0 spiro atoms. The molecule has 0 aromatic heterocycles. The number of carbonyl (C=O) groups is 3. The van der Waals surface area contributed by atoms with E-state index in [9.17, 15) is 19.5 Å². The van der Waals surface area contributed by atoms with E-state index in [1.54, 1.807) is 0 Å². The van der Waals surface area contributed by atoms with E-state index in [4.69, 9.17) is 20.4 Å². The number of unbranched alkanes of at least 4 members (excludes halogenated alkanes) is 29. The molecule has 0 rings (SSSR count). The van der Waals surface area contributed by atoms with E-state index in [1.165, 1.54) is 167 Å². The summed E-state index contributed by atoms with van der Waals surface area (Å²) in [5.74, 6) is -2.70. The van der Waals surface area contributed by atoms with E-state index >= 15 is 0 Å². The summed E-state index contributed by atoms with van der Waals surface area (Å²) in [5, 5.41) is 44.1. The number of carboxylic acid groups (broad SMARTS) is 3. The summed E-state index contributed by atoms with van der Waals surface area (Å²) >= 11 is 0. The van der Waals surface area contributed by atoms with Crippen molar-refractivity contribution in [2.75, 3.05) is 6.61 Å². The van der Waals surface area contributed by atoms with Gasteiger partial charge in [-0.3, -0.25) is 14.4 Å². The van der Waals surface area contributed by atoms with E-state index in [0.29, 0.717) is 19.3 Å². The standard InChI is InChI=1S/C17H34O4.2C14H28O2/c1-2-3-4-5-6-7-8-9-10-11-12-15(17(20)21)13-16(19)14-18;2*1-2-3-4-5-6-7-8-9-10-11-12-13-14(15)16/h15-16,18-19H,2-14H2,1H3,(H,20,21);2*2-13H2,1H3,(H,15,16). The molecule has 0 aromatic carbocycles. The van der Waals surface area contributed by atoms with Crippen molar-refractivity contribution >= 4 is 17.9 Å². The summed E-state index contributed by atoms with van der Waals surface area (Å²) in [7, 11) is 0. The van der Waals surface area contributed by atoms with Gasteiger partial charge in [0, 0.05) is 12.8 Å². The van der Waals surface area contributed by atoms with Crippen LogP contribution in [0.4, 0.5) is 0 Å². The predicted molar refractivity (Wildman–Crippen MR) is 223 cm³/mol. The fourth-order valence-electron chi connectivity index (χ4n) is 6.50. The summed E-state index contributed by atoms with van der Waals surface area (Å²) < 4.78 is 0. The van der Waals surface area contributed by atoms with Gasteiger partial charge in [0.1, 0.15) is 0 Å². The first kappa shape index (κ1) is 55.7. The maximum absolute atomic E-state index is 11.0. The average molecular weight is 759 g/mol. The van der Waals surface area contributed by atoms with Gasteiger partial charge >= 0.3 is 17.9 Å². The monoisotopic (exact) mass is 759 g/mol. The van der Waals surface area contributed by atoms with Crippen LogP contribution in [0, 0.1) is 5.92 Å². The van der Waals surface area contributed by atoms with Crippen LogP contribution in [0.25, 0.3) is 0 Å². The molecule has 0 bridgehead atoms. The summed E-state index contributed by atoms with van der Waals surface area (Å²) in [4.78, 5) is 31.6. The van der Waals surface area contributed by atoms with E-state index in [0.717, 1.165) is 38.5 Å². The minimum absolute atomic E-state index is 0.156. The van der Waals surface area contributed by atoms with Gasteiger partial charge in [0.2, 0.25) is 0 Å². The second-order valence-corrected chi connectivity index (χ2v) is 15.4. The van der Waals surface area contributed by atoms with Crippen molar-refractivity contribution in [3.63, 3.8) is 0 Å². The zero-order valence-corrected chi connectivity index (χ0v) is 35.3. The van der Waals surface area contributed by atoms with Crippen molar-refractivity contribution in [2.45, 2.75) is 258 Å². The smallest absolute Gasteiger partial charge is 0.306 e. The molecule has 0 amide bonds. The van der Waals surface area contributed by atoms with Crippen LogP contribution in [0.3, 0.4) is 0 Å². The van der Waals surface area contributed by atoms with Gasteiger partial charge in [0.15, 0.2) is 0 Å². The highest BCUT2D eigenvalue weighted by molar-refractivity contribution is 5.70. The van der Waals surface area contributed by atoms with Crippen LogP contribution in [0.2, 0.25) is 0 Å². The van der Waals surface area contributed by atoms with E-state index in [-0.39, 0.29) is 13.0 Å². The topological polar surface area (TPSA) is 152 Å². The second-order valence-electron chi connectivity index (χ2n) is 15.4. The number of hydrogen-bond acceptors (Lipinski definition) is 5. The minimum Gasteiger partial charge on any atom is -0.481 e. The molecule has 2 atom stereocenters. The Bertz CT molecular complexity index is 708. The largest absolute Gasteiger partial charge is 0.481 e. The van der Waals surface area contributed by atoms with Crippen LogP contribution in [0.1, 0.15) is 252 Å². The molecule has 2 unspecified atom stereocenters. The van der Waals surface area contributed by atoms with Gasteiger partial charge in [0.25, 0.3) is 0 Å². The highest BCUT2D eigenvalue weighted by Gasteiger charge is 2.20. The number of hydrogen-bond donors (Lipinski definition) is 5. The first-order chi connectivity index (χ1) is 25.7. The Morgan fingerprint density at radius 1 is 0.396 bits per heavy atom. The van der Waals surface area contributed by atoms with Gasteiger partial charge in [-0.15, -0.1) is 0 Å². The van der Waals surface area contributed by atoms with E-state index < -0.39 is 29.9 Å². The molecule has 0 heterocycles. The molecule has 318 valence electrons. The summed E-state index contributed by atoms with van der Waals surface area (Å²) in [6.07, 6.45) is 40.9. The molecule has 8 heteroatoms. The van der Waals surface area contributed by atoms with Crippen LogP contribution in [0.15, 0.2) is 0 Å². The van der Waals surface area contributed by atoms with E-state index in [1.807, 2.05) is 0 Å². The van der Waals surface area contributed by atoms with Gasteiger partial charge in [-0.05, 0) is 25.7 Å². The highest BCUT2D eigenvalue weighted by Crippen LogP contribution is 2.18. The van der Waals surface area contributed by atoms with Gasteiger partial charge in [-0.25, -0.2) is 0 Å². The third-order valence-corrected chi connectivity index (χ3v) is 10.0. The van der Waals surface area contributed by atoms with Gasteiger partial charge in [0.05, 0.1) is 18.6 Å². The molecule has 0 saturated carbocycles. The highest BCUT2D eigenvalue weighted by atomic mass is 16.4. The molecular weight excluding hydrogens is 668 g/mol. The molecule has 8 nitrogen and oxygen atoms in total. The van der Waals surface area contributed by atoms with Gasteiger partial charge < -0.3 is 25.5 Å². The van der Waals surface area contributed by atoms with Crippen LogP contribution in [0.5, 0.6) is 0 Å². The third-order valence-electron chi connectivity index (χ3n) is 10.0. The zero-order chi connectivity index (χ0) is 40.0. The zero-order valence-electron chi connectivity index (χ0n) is 35.3. The second kappa shape index (κ2) is 48.3. The van der Waals surface area contributed by atoms with Crippen LogP contribution in [-0.4, -0.2) is 56.2 Å². The van der Waals surface area contributed by atoms with Crippen LogP contribution < -0.4 is 0 Å². The quantitative estimate of drug-likeness (QED) is 0.0388. The molecule has 0 aliphatic carbocycles. The molecular formula is C45H90O8. The molecule has 0 aromatic rings. The molecule has 53 heavy (non-hydrogen) atoms. The Labute approximate surface area is 327 Å². The Morgan fingerprint density at radius 3 is 0.868 bits per heavy atom. The van der Waals surface area contributed by atoms with Crippen molar-refractivity contribution in [1.82, 2.24) is 0 Å². The lowest BCUT2D eigenvalue weighted by Crippen LogP contribution is -2.23. The minimum atomic E-state index is -0.908. The van der Waals surface area contributed by atoms with Crippen molar-refractivity contribution in [3.8, 4) is 0 Å². The number of aliphatic carboxylic acids is 3. The maximum atomic E-state index is 11.0. The van der Waals surface area contributed by atoms with Crippen molar-refractivity contribution in [3.05, 3.63) is 0 Å². The maximum Gasteiger partial charge on any atom is 0.306 e. The first-order valence-electron chi connectivity index (χ1n) is 22.6. The summed E-state index contributed by atoms with van der Waals surface area (Å²) in [6.45, 7) is 6.36. The number of rotatable bonds is 39. The summed E-state index contributed by atoms with van der Waals surface area (Å²) in [5.41, 5.74) is 0. The third kappa shape index (κ3) is 54.8. The molecule has 0 fully saturated rings. The normalized spacial score (nSPS) is 11.9. The van der Waals surface area contributed by atoms with Gasteiger partial charge in [-0.2, -0.15) is 0 Å². The molecule has 0 aliphatic heterocycles. The molecule has 0 aliphatic rings. The van der Waals surface area contributed by atoms with Crippen molar-refractivity contribution in [2.24, 2.45) is 5.92 Å².